The van der Waals surface area contributed by atoms with Gasteiger partial charge in [-0.15, -0.1) is 0 Å². The van der Waals surface area contributed by atoms with E-state index in [2.05, 4.69) is 22.1 Å². The van der Waals surface area contributed by atoms with Crippen molar-refractivity contribution in [2.75, 3.05) is 26.2 Å². The van der Waals surface area contributed by atoms with E-state index in [-0.39, 0.29) is 5.91 Å². The number of likely N-dealkylation sites (tertiary alicyclic amines) is 1. The van der Waals surface area contributed by atoms with Crippen LogP contribution in [0.2, 0.25) is 0 Å². The largest absolute Gasteiger partial charge is 0.487 e. The second-order valence-electron chi connectivity index (χ2n) is 8.15. The zero-order valence-corrected chi connectivity index (χ0v) is 17.6. The van der Waals surface area contributed by atoms with Crippen molar-refractivity contribution in [3.05, 3.63) is 66.1 Å². The van der Waals surface area contributed by atoms with Crippen molar-refractivity contribution in [2.24, 2.45) is 5.92 Å². The van der Waals surface area contributed by atoms with Crippen LogP contribution >= 0.6 is 0 Å². The predicted octanol–water partition coefficient (Wildman–Crippen LogP) is 3.77. The first-order valence-electron chi connectivity index (χ1n) is 10.8. The lowest BCUT2D eigenvalue weighted by molar-refractivity contribution is 0.0950. The Kier molecular flexibility index (Phi) is 6.64. The summed E-state index contributed by atoms with van der Waals surface area (Å²) in [5.41, 5.74) is 2.36. The molecule has 0 aliphatic carbocycles. The van der Waals surface area contributed by atoms with E-state index in [0.717, 1.165) is 30.2 Å². The summed E-state index contributed by atoms with van der Waals surface area (Å²) < 4.78 is 7.83. The smallest absolute Gasteiger partial charge is 0.251 e. The number of ether oxygens (including phenoxy) is 1. The van der Waals surface area contributed by atoms with Gasteiger partial charge >= 0.3 is 0 Å². The maximum absolute atomic E-state index is 12.5. The van der Waals surface area contributed by atoms with E-state index in [9.17, 15) is 4.79 Å². The Labute approximate surface area is 177 Å². The van der Waals surface area contributed by atoms with Crippen LogP contribution < -0.4 is 10.1 Å². The van der Waals surface area contributed by atoms with Gasteiger partial charge in [0.2, 0.25) is 0 Å². The number of imidazole rings is 1. The highest BCUT2D eigenvalue weighted by Gasteiger charge is 2.15. The van der Waals surface area contributed by atoms with E-state index in [4.69, 9.17) is 4.74 Å². The van der Waals surface area contributed by atoms with Gasteiger partial charge in [-0.1, -0.05) is 19.1 Å². The molecule has 1 aromatic carbocycles. The molecular formula is C24H30N4O2. The number of carbonyl (C=O) groups is 1. The van der Waals surface area contributed by atoms with Crippen molar-refractivity contribution >= 4 is 11.6 Å². The van der Waals surface area contributed by atoms with Crippen LogP contribution in [0.3, 0.4) is 0 Å². The second-order valence-corrected chi connectivity index (χ2v) is 8.15. The van der Waals surface area contributed by atoms with Gasteiger partial charge in [-0.3, -0.25) is 4.79 Å². The molecule has 1 aliphatic rings. The SMILES string of the molecule is CC1CCN(CCCNC(=O)c2cccc(OCc3cn4ccccc4n3)c2)CC1. The van der Waals surface area contributed by atoms with E-state index in [1.165, 1.54) is 25.9 Å². The molecule has 0 unspecified atom stereocenters. The summed E-state index contributed by atoms with van der Waals surface area (Å²) in [6.45, 7) is 6.79. The first-order valence-corrected chi connectivity index (χ1v) is 10.8. The summed E-state index contributed by atoms with van der Waals surface area (Å²) in [4.78, 5) is 19.5. The summed E-state index contributed by atoms with van der Waals surface area (Å²) >= 11 is 0. The Morgan fingerprint density at radius 3 is 2.90 bits per heavy atom. The number of carbonyl (C=O) groups excluding carboxylic acids is 1. The Morgan fingerprint density at radius 2 is 2.07 bits per heavy atom. The van der Waals surface area contributed by atoms with E-state index in [1.807, 2.05) is 53.2 Å². The summed E-state index contributed by atoms with van der Waals surface area (Å²) in [7, 11) is 0. The molecule has 1 saturated heterocycles. The number of amides is 1. The normalized spacial score (nSPS) is 15.4. The highest BCUT2D eigenvalue weighted by Crippen LogP contribution is 2.17. The van der Waals surface area contributed by atoms with Crippen LogP contribution in [-0.4, -0.2) is 46.4 Å². The summed E-state index contributed by atoms with van der Waals surface area (Å²) in [6.07, 6.45) is 7.46. The van der Waals surface area contributed by atoms with Crippen LogP contribution in [0.25, 0.3) is 5.65 Å². The molecule has 0 saturated carbocycles. The quantitative estimate of drug-likeness (QED) is 0.579. The highest BCUT2D eigenvalue weighted by atomic mass is 16.5. The van der Waals surface area contributed by atoms with Gasteiger partial charge in [0.05, 0.1) is 5.69 Å². The number of nitrogens with one attached hydrogen (secondary N) is 1. The summed E-state index contributed by atoms with van der Waals surface area (Å²) in [5.74, 6) is 1.46. The lowest BCUT2D eigenvalue weighted by atomic mass is 9.99. The fraction of sp³-hybridized carbons (Fsp3) is 0.417. The molecule has 30 heavy (non-hydrogen) atoms. The van der Waals surface area contributed by atoms with Crippen molar-refractivity contribution in [1.82, 2.24) is 19.6 Å². The van der Waals surface area contributed by atoms with Crippen LogP contribution in [-0.2, 0) is 6.61 Å². The van der Waals surface area contributed by atoms with E-state index >= 15 is 0 Å². The third-order valence-electron chi connectivity index (χ3n) is 5.71. The lowest BCUT2D eigenvalue weighted by Crippen LogP contribution is -2.35. The topological polar surface area (TPSA) is 58.9 Å². The summed E-state index contributed by atoms with van der Waals surface area (Å²) in [6, 6.07) is 13.2. The summed E-state index contributed by atoms with van der Waals surface area (Å²) in [5, 5.41) is 3.03. The molecule has 3 aromatic rings. The number of pyridine rings is 1. The first kappa shape index (κ1) is 20.4. The highest BCUT2D eigenvalue weighted by molar-refractivity contribution is 5.94. The van der Waals surface area contributed by atoms with Crippen LogP contribution in [0, 0.1) is 5.92 Å². The van der Waals surface area contributed by atoms with Crippen molar-refractivity contribution in [2.45, 2.75) is 32.8 Å². The van der Waals surface area contributed by atoms with Crippen molar-refractivity contribution in [1.29, 1.82) is 0 Å². The van der Waals surface area contributed by atoms with Gasteiger partial charge in [0.15, 0.2) is 0 Å². The molecule has 158 valence electrons. The number of hydrogen-bond acceptors (Lipinski definition) is 4. The molecule has 2 aromatic heterocycles. The molecule has 1 amide bonds. The number of hydrogen-bond donors (Lipinski definition) is 1. The molecular weight excluding hydrogens is 376 g/mol. The average molecular weight is 407 g/mol. The molecule has 0 radical (unpaired) electrons. The van der Waals surface area contributed by atoms with Gasteiger partial charge < -0.3 is 19.4 Å². The van der Waals surface area contributed by atoms with Gasteiger partial charge in [-0.25, -0.2) is 4.98 Å². The van der Waals surface area contributed by atoms with Crippen LogP contribution in [0.15, 0.2) is 54.9 Å². The zero-order valence-electron chi connectivity index (χ0n) is 17.6. The number of rotatable bonds is 8. The fourth-order valence-corrected chi connectivity index (χ4v) is 3.83. The molecule has 4 rings (SSSR count). The molecule has 3 heterocycles. The average Bonchev–Trinajstić information content (AvgIpc) is 3.20. The third kappa shape index (κ3) is 5.39. The van der Waals surface area contributed by atoms with E-state index in [0.29, 0.717) is 24.5 Å². The standard InChI is InChI=1S/C24H30N4O2/c1-19-9-14-27(15-10-19)12-5-11-25-24(29)20-6-4-7-22(16-20)30-18-21-17-28-13-3-2-8-23(28)26-21/h2-4,6-8,13,16-17,19H,5,9-12,14-15,18H2,1H3,(H,25,29). The Hall–Kier alpha value is -2.86. The Bertz CT molecular complexity index is 943. The van der Waals surface area contributed by atoms with Crippen LogP contribution in [0.1, 0.15) is 42.2 Å². The first-order chi connectivity index (χ1) is 14.7. The van der Waals surface area contributed by atoms with Crippen LogP contribution in [0.5, 0.6) is 5.75 Å². The molecule has 0 atom stereocenters. The molecule has 1 fully saturated rings. The fourth-order valence-electron chi connectivity index (χ4n) is 3.83. The molecule has 6 heteroatoms. The number of benzene rings is 1. The maximum Gasteiger partial charge on any atom is 0.251 e. The Balaban J connectivity index is 1.23. The Morgan fingerprint density at radius 1 is 1.20 bits per heavy atom. The van der Waals surface area contributed by atoms with E-state index in [1.54, 1.807) is 6.07 Å². The van der Waals surface area contributed by atoms with Gasteiger partial charge in [-0.05, 0) is 75.1 Å². The predicted molar refractivity (Wildman–Crippen MR) is 118 cm³/mol. The third-order valence-corrected chi connectivity index (χ3v) is 5.71. The van der Waals surface area contributed by atoms with Gasteiger partial charge in [0, 0.05) is 24.5 Å². The minimum Gasteiger partial charge on any atom is -0.487 e. The number of fused-ring (bicyclic) bond motifs is 1. The minimum absolute atomic E-state index is 0.0551. The van der Waals surface area contributed by atoms with Gasteiger partial charge in [0.1, 0.15) is 18.0 Å². The monoisotopic (exact) mass is 406 g/mol. The lowest BCUT2D eigenvalue weighted by Gasteiger charge is -2.30. The number of aromatic nitrogens is 2. The van der Waals surface area contributed by atoms with Crippen molar-refractivity contribution in [3.63, 3.8) is 0 Å². The molecule has 1 aliphatic heterocycles. The molecule has 0 bridgehead atoms. The maximum atomic E-state index is 12.5. The minimum atomic E-state index is -0.0551. The molecule has 0 spiro atoms. The number of nitrogens with zero attached hydrogens (tertiary/aromatic N) is 3. The molecule has 6 nitrogen and oxygen atoms in total. The zero-order chi connectivity index (χ0) is 20.8. The number of piperidine rings is 1. The molecule has 1 N–H and O–H groups in total. The van der Waals surface area contributed by atoms with Crippen LogP contribution in [0.4, 0.5) is 0 Å². The van der Waals surface area contributed by atoms with Crippen molar-refractivity contribution in [3.8, 4) is 5.75 Å². The van der Waals surface area contributed by atoms with Gasteiger partial charge in [-0.2, -0.15) is 0 Å². The van der Waals surface area contributed by atoms with Gasteiger partial charge in [0.25, 0.3) is 5.91 Å². The van der Waals surface area contributed by atoms with Crippen molar-refractivity contribution < 1.29 is 9.53 Å². The second kappa shape index (κ2) is 9.76. The van der Waals surface area contributed by atoms with E-state index < -0.39 is 0 Å².